The van der Waals surface area contributed by atoms with Crippen molar-refractivity contribution < 1.29 is 13.9 Å². The Hall–Kier alpha value is -1.85. The van der Waals surface area contributed by atoms with Gasteiger partial charge in [-0.05, 0) is 19.3 Å². The Balaban J connectivity index is 1.51. The predicted octanol–water partition coefficient (Wildman–Crippen LogP) is 7.04. The molecule has 1 aliphatic heterocycles. The van der Waals surface area contributed by atoms with Gasteiger partial charge in [0.15, 0.2) is 12.1 Å². The fourth-order valence-corrected chi connectivity index (χ4v) is 3.99. The highest BCUT2D eigenvalue weighted by molar-refractivity contribution is 5.55. The van der Waals surface area contributed by atoms with Crippen molar-refractivity contribution in [2.45, 2.75) is 84.3 Å². The summed E-state index contributed by atoms with van der Waals surface area (Å²) in [6, 6.07) is 7.74. The van der Waals surface area contributed by atoms with Gasteiger partial charge in [0, 0.05) is 28.8 Å². The van der Waals surface area contributed by atoms with Gasteiger partial charge in [0.1, 0.15) is 0 Å². The van der Waals surface area contributed by atoms with Crippen molar-refractivity contribution >= 4 is 0 Å². The minimum atomic E-state index is -0.405. The lowest BCUT2D eigenvalue weighted by Gasteiger charge is -2.29. The maximum absolute atomic E-state index is 14.4. The third-order valence-electron chi connectivity index (χ3n) is 5.98. The highest BCUT2D eigenvalue weighted by Gasteiger charge is 2.23. The largest absolute Gasteiger partial charge is 0.348 e. The first-order chi connectivity index (χ1) is 15.2. The quantitative estimate of drug-likeness (QED) is 0.269. The van der Waals surface area contributed by atoms with E-state index in [9.17, 15) is 4.39 Å². The molecule has 31 heavy (non-hydrogen) atoms. The Morgan fingerprint density at radius 3 is 2.26 bits per heavy atom. The maximum atomic E-state index is 14.4. The third kappa shape index (κ3) is 7.36. The van der Waals surface area contributed by atoms with Crippen LogP contribution >= 0.6 is 0 Å². The summed E-state index contributed by atoms with van der Waals surface area (Å²) in [4.78, 5) is 8.50. The molecule has 5 heteroatoms. The standard InChI is InChI=1S/C26H37FN2O2/c1-3-5-7-8-10-12-23-17-28-25(29-24(23)27)21-13-15-22(16-14-21)26-30-18-20(19-31-26)11-9-6-4-2/h13-17,20,26H,3-12,18-19H2,1-2H3. The van der Waals surface area contributed by atoms with Crippen molar-refractivity contribution in [3.05, 3.63) is 47.5 Å². The van der Waals surface area contributed by atoms with Gasteiger partial charge in [0.05, 0.1) is 13.2 Å². The summed E-state index contributed by atoms with van der Waals surface area (Å²) in [5.41, 5.74) is 2.37. The average Bonchev–Trinajstić information content (AvgIpc) is 2.80. The molecule has 0 unspecified atom stereocenters. The van der Waals surface area contributed by atoms with E-state index in [2.05, 4.69) is 23.8 Å². The van der Waals surface area contributed by atoms with Crippen LogP contribution in [0, 0.1) is 11.9 Å². The number of unbranched alkanes of at least 4 members (excludes halogenated alkanes) is 6. The first-order valence-electron chi connectivity index (χ1n) is 12.1. The van der Waals surface area contributed by atoms with Crippen molar-refractivity contribution in [3.8, 4) is 11.4 Å². The smallest absolute Gasteiger partial charge is 0.219 e. The van der Waals surface area contributed by atoms with Crippen LogP contribution in [0.2, 0.25) is 0 Å². The van der Waals surface area contributed by atoms with E-state index >= 15 is 0 Å². The van der Waals surface area contributed by atoms with Crippen LogP contribution in [0.4, 0.5) is 4.39 Å². The molecule has 2 aromatic rings. The summed E-state index contributed by atoms with van der Waals surface area (Å²) in [5.74, 6) is 0.501. The Kier molecular flexibility index (Phi) is 9.88. The second-order valence-corrected chi connectivity index (χ2v) is 8.66. The van der Waals surface area contributed by atoms with Crippen molar-refractivity contribution in [3.63, 3.8) is 0 Å². The minimum Gasteiger partial charge on any atom is -0.348 e. The predicted molar refractivity (Wildman–Crippen MR) is 122 cm³/mol. The van der Waals surface area contributed by atoms with Gasteiger partial charge in [-0.25, -0.2) is 4.98 Å². The molecule has 0 saturated carbocycles. The van der Waals surface area contributed by atoms with Crippen LogP contribution < -0.4 is 0 Å². The average molecular weight is 429 g/mol. The summed E-state index contributed by atoms with van der Waals surface area (Å²) in [6.07, 6.45) is 12.7. The van der Waals surface area contributed by atoms with E-state index in [4.69, 9.17) is 9.47 Å². The summed E-state index contributed by atoms with van der Waals surface area (Å²) in [6.45, 7) is 5.89. The molecule has 0 atom stereocenters. The zero-order valence-electron chi connectivity index (χ0n) is 19.1. The van der Waals surface area contributed by atoms with E-state index in [1.165, 1.54) is 38.5 Å². The monoisotopic (exact) mass is 428 g/mol. The molecular formula is C26H37FN2O2. The van der Waals surface area contributed by atoms with Gasteiger partial charge >= 0.3 is 0 Å². The van der Waals surface area contributed by atoms with E-state index < -0.39 is 5.95 Å². The third-order valence-corrected chi connectivity index (χ3v) is 5.98. The number of nitrogens with zero attached hydrogens (tertiary/aromatic N) is 2. The van der Waals surface area contributed by atoms with Crippen LogP contribution in [0.25, 0.3) is 11.4 Å². The lowest BCUT2D eigenvalue weighted by atomic mass is 10.0. The molecule has 1 aliphatic rings. The van der Waals surface area contributed by atoms with Crippen LogP contribution in [0.5, 0.6) is 0 Å². The summed E-state index contributed by atoms with van der Waals surface area (Å²) in [7, 11) is 0. The Bertz CT molecular complexity index is 773. The topological polar surface area (TPSA) is 44.2 Å². The summed E-state index contributed by atoms with van der Waals surface area (Å²) >= 11 is 0. The van der Waals surface area contributed by atoms with Gasteiger partial charge in [0.25, 0.3) is 0 Å². The molecule has 3 rings (SSSR count). The van der Waals surface area contributed by atoms with Gasteiger partial charge in [-0.3, -0.25) is 0 Å². The second-order valence-electron chi connectivity index (χ2n) is 8.66. The molecule has 1 aromatic heterocycles. The summed E-state index contributed by atoms with van der Waals surface area (Å²) < 4.78 is 26.3. The highest BCUT2D eigenvalue weighted by Crippen LogP contribution is 2.28. The minimum absolute atomic E-state index is 0.329. The summed E-state index contributed by atoms with van der Waals surface area (Å²) in [5, 5.41) is 0. The molecule has 1 saturated heterocycles. The Labute approximate surface area is 186 Å². The normalized spacial score (nSPS) is 18.9. The molecule has 0 amide bonds. The van der Waals surface area contributed by atoms with Crippen LogP contribution in [0.3, 0.4) is 0 Å². The molecule has 0 aliphatic carbocycles. The number of rotatable bonds is 12. The van der Waals surface area contributed by atoms with Crippen LogP contribution in [0.15, 0.2) is 30.5 Å². The van der Waals surface area contributed by atoms with E-state index in [-0.39, 0.29) is 6.29 Å². The number of hydrogen-bond donors (Lipinski definition) is 0. The van der Waals surface area contributed by atoms with E-state index in [1.807, 2.05) is 24.3 Å². The SMILES string of the molecule is CCCCCCCc1cnc(-c2ccc(C3OCC(CCCCC)CO3)cc2)nc1F. The van der Waals surface area contributed by atoms with Gasteiger partial charge in [-0.1, -0.05) is 83.1 Å². The van der Waals surface area contributed by atoms with Crippen molar-refractivity contribution in [1.82, 2.24) is 9.97 Å². The molecule has 1 aromatic carbocycles. The Morgan fingerprint density at radius 2 is 1.58 bits per heavy atom. The number of benzene rings is 1. The first kappa shape index (κ1) is 23.8. The first-order valence-corrected chi connectivity index (χ1v) is 12.1. The molecule has 0 bridgehead atoms. The number of halogens is 1. The zero-order chi connectivity index (χ0) is 21.9. The van der Waals surface area contributed by atoms with Crippen LogP contribution in [-0.2, 0) is 15.9 Å². The molecule has 170 valence electrons. The highest BCUT2D eigenvalue weighted by atomic mass is 19.1. The Morgan fingerprint density at radius 1 is 0.903 bits per heavy atom. The van der Waals surface area contributed by atoms with E-state index in [0.29, 0.717) is 23.7 Å². The molecule has 0 radical (unpaired) electrons. The van der Waals surface area contributed by atoms with E-state index in [1.54, 1.807) is 6.20 Å². The molecule has 2 heterocycles. The fraction of sp³-hybridized carbons (Fsp3) is 0.615. The molecule has 0 spiro atoms. The number of aromatic nitrogens is 2. The zero-order valence-corrected chi connectivity index (χ0v) is 19.1. The van der Waals surface area contributed by atoms with Crippen LogP contribution in [0.1, 0.15) is 89.1 Å². The fourth-order valence-electron chi connectivity index (χ4n) is 3.99. The van der Waals surface area contributed by atoms with Crippen LogP contribution in [-0.4, -0.2) is 23.2 Å². The second kappa shape index (κ2) is 12.9. The van der Waals surface area contributed by atoms with Crippen molar-refractivity contribution in [1.29, 1.82) is 0 Å². The van der Waals surface area contributed by atoms with Gasteiger partial charge in [0.2, 0.25) is 5.95 Å². The number of ether oxygens (including phenoxy) is 2. The van der Waals surface area contributed by atoms with Gasteiger partial charge in [-0.2, -0.15) is 9.37 Å². The van der Waals surface area contributed by atoms with E-state index in [0.717, 1.165) is 43.6 Å². The molecule has 1 fully saturated rings. The van der Waals surface area contributed by atoms with Crippen molar-refractivity contribution in [2.24, 2.45) is 5.92 Å². The van der Waals surface area contributed by atoms with Gasteiger partial charge < -0.3 is 9.47 Å². The number of aryl methyl sites for hydroxylation is 1. The maximum Gasteiger partial charge on any atom is 0.219 e. The molecular weight excluding hydrogens is 391 g/mol. The molecule has 4 nitrogen and oxygen atoms in total. The lowest BCUT2D eigenvalue weighted by molar-refractivity contribution is -0.206. The number of hydrogen-bond acceptors (Lipinski definition) is 4. The molecule has 0 N–H and O–H groups in total. The lowest BCUT2D eigenvalue weighted by Crippen LogP contribution is -2.27. The van der Waals surface area contributed by atoms with Gasteiger partial charge in [-0.15, -0.1) is 0 Å². The van der Waals surface area contributed by atoms with Crippen molar-refractivity contribution in [2.75, 3.05) is 13.2 Å².